The molecule has 0 aromatic heterocycles. The van der Waals surface area contributed by atoms with Gasteiger partial charge in [0, 0.05) is 6.54 Å². The summed E-state index contributed by atoms with van der Waals surface area (Å²) in [6, 6.07) is 13.1. The minimum Gasteiger partial charge on any atom is -0.497 e. The molecule has 2 aromatic carbocycles. The van der Waals surface area contributed by atoms with Gasteiger partial charge in [-0.25, -0.2) is 4.99 Å². The molecule has 144 valence electrons. The second-order valence-corrected chi connectivity index (χ2v) is 7.28. The number of amidine groups is 1. The average molecular weight is 396 g/mol. The zero-order valence-corrected chi connectivity index (χ0v) is 16.5. The Morgan fingerprint density at radius 2 is 1.96 bits per heavy atom. The number of thioether (sulfide) groups is 1. The van der Waals surface area contributed by atoms with Gasteiger partial charge in [-0.2, -0.15) is 0 Å². The van der Waals surface area contributed by atoms with Gasteiger partial charge in [-0.15, -0.1) is 0 Å². The largest absolute Gasteiger partial charge is 0.497 e. The van der Waals surface area contributed by atoms with Crippen molar-refractivity contribution in [3.63, 3.8) is 0 Å². The highest BCUT2D eigenvalue weighted by atomic mass is 32.2. The van der Waals surface area contributed by atoms with Gasteiger partial charge in [-0.05, 0) is 66.2 Å². The molecule has 2 aliphatic heterocycles. The van der Waals surface area contributed by atoms with Crippen LogP contribution in [-0.4, -0.2) is 36.4 Å². The Morgan fingerprint density at radius 1 is 1.18 bits per heavy atom. The Hall–Kier alpha value is -2.93. The van der Waals surface area contributed by atoms with E-state index < -0.39 is 0 Å². The van der Waals surface area contributed by atoms with Crippen LogP contribution in [0.3, 0.4) is 0 Å². The number of nitrogens with zero attached hydrogens (tertiary/aromatic N) is 2. The molecule has 2 aliphatic rings. The number of aliphatic imine (C=N–C) groups is 1. The third-order valence-electron chi connectivity index (χ3n) is 4.33. The summed E-state index contributed by atoms with van der Waals surface area (Å²) in [6.45, 7) is 2.90. The lowest BCUT2D eigenvalue weighted by Crippen LogP contribution is -2.29. The van der Waals surface area contributed by atoms with E-state index in [4.69, 9.17) is 14.2 Å². The first kappa shape index (κ1) is 18.4. The van der Waals surface area contributed by atoms with Crippen LogP contribution in [0.2, 0.25) is 0 Å². The van der Waals surface area contributed by atoms with E-state index in [2.05, 4.69) is 4.99 Å². The second kappa shape index (κ2) is 7.98. The molecule has 1 fully saturated rings. The molecule has 2 heterocycles. The number of rotatable bonds is 5. The molecule has 6 nitrogen and oxygen atoms in total. The van der Waals surface area contributed by atoms with E-state index in [1.165, 1.54) is 11.8 Å². The maximum Gasteiger partial charge on any atom is 0.266 e. The van der Waals surface area contributed by atoms with Crippen molar-refractivity contribution in [1.82, 2.24) is 4.90 Å². The molecule has 7 heteroatoms. The summed E-state index contributed by atoms with van der Waals surface area (Å²) in [7, 11) is 1.63. The molecule has 2 aromatic rings. The number of carbonyl (C=O) groups excluding carboxylic acids is 1. The summed E-state index contributed by atoms with van der Waals surface area (Å²) < 4.78 is 15.9. The number of hydrogen-bond acceptors (Lipinski definition) is 6. The topological polar surface area (TPSA) is 60.4 Å². The molecule has 1 saturated heterocycles. The van der Waals surface area contributed by atoms with Gasteiger partial charge in [0.1, 0.15) is 5.75 Å². The first-order valence-electron chi connectivity index (χ1n) is 9.01. The van der Waals surface area contributed by atoms with E-state index in [9.17, 15) is 4.79 Å². The van der Waals surface area contributed by atoms with Gasteiger partial charge in [-0.3, -0.25) is 9.69 Å². The lowest BCUT2D eigenvalue weighted by molar-refractivity contribution is -0.122. The van der Waals surface area contributed by atoms with Crippen molar-refractivity contribution in [1.29, 1.82) is 0 Å². The normalized spacial score (nSPS) is 18.4. The summed E-state index contributed by atoms with van der Waals surface area (Å²) in [5.41, 5.74) is 1.67. The van der Waals surface area contributed by atoms with Crippen molar-refractivity contribution < 1.29 is 19.0 Å². The predicted octanol–water partition coefficient (Wildman–Crippen LogP) is 4.44. The molecule has 0 aliphatic carbocycles. The fourth-order valence-corrected chi connectivity index (χ4v) is 3.96. The van der Waals surface area contributed by atoms with Crippen LogP contribution in [0.15, 0.2) is 52.4 Å². The van der Waals surface area contributed by atoms with Crippen LogP contribution < -0.4 is 14.2 Å². The van der Waals surface area contributed by atoms with Crippen molar-refractivity contribution in [2.75, 3.05) is 20.4 Å². The zero-order chi connectivity index (χ0) is 19.5. The number of ether oxygens (including phenoxy) is 3. The molecule has 1 amide bonds. The fraction of sp³-hybridized carbons (Fsp3) is 0.238. The molecule has 28 heavy (non-hydrogen) atoms. The molecule has 0 saturated carbocycles. The van der Waals surface area contributed by atoms with Crippen molar-refractivity contribution in [3.8, 4) is 17.2 Å². The number of benzene rings is 2. The summed E-state index contributed by atoms with van der Waals surface area (Å²) >= 11 is 1.38. The SMILES string of the molecule is CCCN1C(=O)/C(=C/c2ccc3c(c2)OCO3)SC1=Nc1ccc(OC)cc1. The van der Waals surface area contributed by atoms with Gasteiger partial charge < -0.3 is 14.2 Å². The van der Waals surface area contributed by atoms with Crippen LogP contribution in [0.1, 0.15) is 18.9 Å². The van der Waals surface area contributed by atoms with Gasteiger partial charge in [0.2, 0.25) is 6.79 Å². The summed E-state index contributed by atoms with van der Waals surface area (Å²) in [5.74, 6) is 2.16. The Labute approximate surface area is 167 Å². The monoisotopic (exact) mass is 396 g/mol. The van der Waals surface area contributed by atoms with Crippen LogP contribution in [0, 0.1) is 0 Å². The van der Waals surface area contributed by atoms with Crippen LogP contribution in [0.4, 0.5) is 5.69 Å². The van der Waals surface area contributed by atoms with Gasteiger partial charge in [0.25, 0.3) is 5.91 Å². The van der Waals surface area contributed by atoms with Crippen LogP contribution in [0.25, 0.3) is 6.08 Å². The number of amides is 1. The van der Waals surface area contributed by atoms with Gasteiger partial charge >= 0.3 is 0 Å². The molecular formula is C21H20N2O4S. The molecule has 0 N–H and O–H groups in total. The van der Waals surface area contributed by atoms with Crippen molar-refractivity contribution in [2.24, 2.45) is 4.99 Å². The van der Waals surface area contributed by atoms with E-state index in [0.717, 1.165) is 29.2 Å². The zero-order valence-electron chi connectivity index (χ0n) is 15.7. The molecule has 0 bridgehead atoms. The lowest BCUT2D eigenvalue weighted by atomic mass is 10.2. The van der Waals surface area contributed by atoms with E-state index in [0.29, 0.717) is 22.4 Å². The maximum atomic E-state index is 12.9. The van der Waals surface area contributed by atoms with E-state index in [-0.39, 0.29) is 12.7 Å². The Balaban J connectivity index is 1.62. The first-order valence-corrected chi connectivity index (χ1v) is 9.83. The van der Waals surface area contributed by atoms with Gasteiger partial charge in [-0.1, -0.05) is 13.0 Å². The third kappa shape index (κ3) is 3.71. The number of methoxy groups -OCH3 is 1. The number of carbonyl (C=O) groups is 1. The summed E-state index contributed by atoms with van der Waals surface area (Å²) in [5, 5.41) is 0.684. The highest BCUT2D eigenvalue weighted by Gasteiger charge is 2.32. The Kier molecular flexibility index (Phi) is 5.25. The van der Waals surface area contributed by atoms with Gasteiger partial charge in [0.15, 0.2) is 16.7 Å². The number of fused-ring (bicyclic) bond motifs is 1. The highest BCUT2D eigenvalue weighted by Crippen LogP contribution is 2.37. The minimum absolute atomic E-state index is 0.0308. The molecular weight excluding hydrogens is 376 g/mol. The minimum atomic E-state index is -0.0308. The standard InChI is InChI=1S/C21H20N2O4S/c1-3-10-23-20(24)19(12-14-4-9-17-18(11-14)27-13-26-17)28-21(23)22-15-5-7-16(25-2)8-6-15/h4-9,11-12H,3,10,13H2,1-2H3/b19-12-,22-21?. The lowest BCUT2D eigenvalue weighted by Gasteiger charge is -2.14. The van der Waals surface area contributed by atoms with E-state index in [1.807, 2.05) is 55.5 Å². The van der Waals surface area contributed by atoms with Gasteiger partial charge in [0.05, 0.1) is 17.7 Å². The van der Waals surface area contributed by atoms with Crippen LogP contribution in [0.5, 0.6) is 17.2 Å². The number of hydrogen-bond donors (Lipinski definition) is 0. The van der Waals surface area contributed by atoms with Crippen molar-refractivity contribution in [3.05, 3.63) is 52.9 Å². The maximum absolute atomic E-state index is 12.9. The first-order chi connectivity index (χ1) is 13.7. The van der Waals surface area contributed by atoms with E-state index in [1.54, 1.807) is 12.0 Å². The Morgan fingerprint density at radius 3 is 2.71 bits per heavy atom. The summed E-state index contributed by atoms with van der Waals surface area (Å²) in [4.78, 5) is 20.0. The smallest absolute Gasteiger partial charge is 0.266 e. The summed E-state index contributed by atoms with van der Waals surface area (Å²) in [6.07, 6.45) is 2.72. The predicted molar refractivity (Wildman–Crippen MR) is 110 cm³/mol. The molecule has 0 radical (unpaired) electrons. The van der Waals surface area contributed by atoms with E-state index >= 15 is 0 Å². The molecule has 0 unspecified atom stereocenters. The fourth-order valence-electron chi connectivity index (χ4n) is 2.93. The Bertz CT molecular complexity index is 953. The molecule has 4 rings (SSSR count). The van der Waals surface area contributed by atoms with Crippen LogP contribution in [-0.2, 0) is 4.79 Å². The average Bonchev–Trinajstić information content (AvgIpc) is 3.29. The molecule has 0 spiro atoms. The second-order valence-electron chi connectivity index (χ2n) is 6.27. The van der Waals surface area contributed by atoms with Crippen molar-refractivity contribution >= 4 is 34.6 Å². The molecule has 0 atom stereocenters. The highest BCUT2D eigenvalue weighted by molar-refractivity contribution is 8.18. The third-order valence-corrected chi connectivity index (χ3v) is 5.33. The van der Waals surface area contributed by atoms with Crippen molar-refractivity contribution in [2.45, 2.75) is 13.3 Å². The quantitative estimate of drug-likeness (QED) is 0.700. The van der Waals surface area contributed by atoms with Crippen LogP contribution >= 0.6 is 11.8 Å².